The van der Waals surface area contributed by atoms with Crippen molar-refractivity contribution in [1.82, 2.24) is 14.8 Å². The number of ketones is 1. The quantitative estimate of drug-likeness (QED) is 0.620. The van der Waals surface area contributed by atoms with Crippen LogP contribution in [0.5, 0.6) is 11.5 Å². The van der Waals surface area contributed by atoms with Crippen molar-refractivity contribution in [3.63, 3.8) is 0 Å². The zero-order valence-electron chi connectivity index (χ0n) is 19.0. The Balaban J connectivity index is 1.67. The number of nitrogens with one attached hydrogen (secondary N) is 1. The minimum atomic E-state index is -0.491. The van der Waals surface area contributed by atoms with Crippen molar-refractivity contribution in [2.24, 2.45) is 5.41 Å². The number of carbonyl (C=O) groups excluding carboxylic acids is 1. The third-order valence-electron chi connectivity index (χ3n) is 6.13. The molecule has 33 heavy (non-hydrogen) atoms. The van der Waals surface area contributed by atoms with Crippen LogP contribution in [-0.4, -0.2) is 34.8 Å². The molecule has 0 saturated carbocycles. The topological polar surface area (TPSA) is 78.3 Å². The average molecular weight is 448 g/mol. The van der Waals surface area contributed by atoms with Crippen LogP contribution in [0, 0.1) is 11.2 Å². The predicted molar refractivity (Wildman–Crippen MR) is 122 cm³/mol. The van der Waals surface area contributed by atoms with E-state index in [2.05, 4.69) is 19.2 Å². The molecule has 0 radical (unpaired) electrons. The number of fused-ring (bicyclic) bond motifs is 1. The fourth-order valence-corrected chi connectivity index (χ4v) is 4.62. The number of hydrogen-bond donors (Lipinski definition) is 1. The number of allylic oxidation sites excluding steroid dienone is 2. The zero-order chi connectivity index (χ0) is 23.3. The number of hydrogen-bond acceptors (Lipinski definition) is 6. The summed E-state index contributed by atoms with van der Waals surface area (Å²) >= 11 is 0. The summed E-state index contributed by atoms with van der Waals surface area (Å²) in [4.78, 5) is 18.0. The van der Waals surface area contributed by atoms with Gasteiger partial charge in [0.2, 0.25) is 5.95 Å². The molecule has 7 nitrogen and oxygen atoms in total. The first-order valence-corrected chi connectivity index (χ1v) is 10.8. The van der Waals surface area contributed by atoms with Crippen LogP contribution in [-0.2, 0) is 4.79 Å². The van der Waals surface area contributed by atoms with E-state index in [1.165, 1.54) is 12.1 Å². The molecule has 1 aromatic heterocycles. The maximum Gasteiger partial charge on any atom is 0.226 e. The lowest BCUT2D eigenvalue weighted by Gasteiger charge is -2.38. The number of aromatic nitrogens is 3. The van der Waals surface area contributed by atoms with Crippen LogP contribution < -0.4 is 14.8 Å². The van der Waals surface area contributed by atoms with Crippen molar-refractivity contribution in [1.29, 1.82) is 0 Å². The van der Waals surface area contributed by atoms with Crippen LogP contribution in [0.25, 0.3) is 11.4 Å². The van der Waals surface area contributed by atoms with E-state index in [0.29, 0.717) is 41.7 Å². The highest BCUT2D eigenvalue weighted by Gasteiger charge is 2.41. The molecule has 2 heterocycles. The SMILES string of the molecule is COc1cc(OC)cc(-c2nc3n(n2)[C@@H](c2ccc(F)cc2)C2=C(CC(C)(C)CC2=O)N3)c1. The molecule has 1 atom stereocenters. The molecule has 0 amide bonds. The van der Waals surface area contributed by atoms with Gasteiger partial charge in [0.15, 0.2) is 11.6 Å². The Hall–Kier alpha value is -3.68. The number of benzene rings is 2. The van der Waals surface area contributed by atoms with Crippen molar-refractivity contribution in [2.75, 3.05) is 19.5 Å². The third-order valence-corrected chi connectivity index (χ3v) is 6.13. The summed E-state index contributed by atoms with van der Waals surface area (Å²) in [6, 6.07) is 11.1. The van der Waals surface area contributed by atoms with Gasteiger partial charge in [0.05, 0.1) is 14.2 Å². The molecule has 0 fully saturated rings. The molecule has 8 heteroatoms. The van der Waals surface area contributed by atoms with Gasteiger partial charge in [-0.05, 0) is 41.7 Å². The van der Waals surface area contributed by atoms with Gasteiger partial charge in [0.25, 0.3) is 0 Å². The Bertz CT molecular complexity index is 1260. The largest absolute Gasteiger partial charge is 0.497 e. The molecule has 3 aromatic rings. The second-order valence-corrected chi connectivity index (χ2v) is 9.22. The van der Waals surface area contributed by atoms with Gasteiger partial charge < -0.3 is 14.8 Å². The van der Waals surface area contributed by atoms with Crippen molar-refractivity contribution < 1.29 is 18.7 Å². The van der Waals surface area contributed by atoms with E-state index in [4.69, 9.17) is 19.6 Å². The van der Waals surface area contributed by atoms with Gasteiger partial charge in [-0.25, -0.2) is 9.07 Å². The molecule has 0 unspecified atom stereocenters. The number of rotatable bonds is 4. The van der Waals surface area contributed by atoms with Crippen molar-refractivity contribution >= 4 is 11.7 Å². The van der Waals surface area contributed by atoms with Gasteiger partial charge in [-0.15, -0.1) is 5.10 Å². The minimum Gasteiger partial charge on any atom is -0.497 e. The average Bonchev–Trinajstić information content (AvgIpc) is 3.21. The molecule has 5 rings (SSSR count). The molecule has 2 aliphatic rings. The van der Waals surface area contributed by atoms with Crippen LogP contribution >= 0.6 is 0 Å². The first-order valence-electron chi connectivity index (χ1n) is 10.8. The highest BCUT2D eigenvalue weighted by atomic mass is 19.1. The number of carbonyl (C=O) groups is 1. The van der Waals surface area contributed by atoms with Gasteiger partial charge in [-0.2, -0.15) is 4.98 Å². The second-order valence-electron chi connectivity index (χ2n) is 9.22. The first kappa shape index (κ1) is 21.2. The Kier molecular flexibility index (Phi) is 4.96. The molecule has 0 spiro atoms. The van der Waals surface area contributed by atoms with Crippen molar-refractivity contribution in [2.45, 2.75) is 32.7 Å². The van der Waals surface area contributed by atoms with E-state index in [1.54, 1.807) is 37.1 Å². The molecule has 1 aliphatic heterocycles. The number of Topliss-reactive ketones (excluding diaryl/α,β-unsaturated/α-hetero) is 1. The van der Waals surface area contributed by atoms with Crippen molar-refractivity contribution in [3.05, 3.63) is 65.1 Å². The van der Waals surface area contributed by atoms with Crippen LogP contribution in [0.3, 0.4) is 0 Å². The molecule has 0 saturated heterocycles. The fraction of sp³-hybridized carbons (Fsp3) is 0.320. The van der Waals surface area contributed by atoms with Gasteiger partial charge in [-0.3, -0.25) is 4.79 Å². The third kappa shape index (κ3) is 3.75. The summed E-state index contributed by atoms with van der Waals surface area (Å²) < 4.78 is 26.2. The lowest BCUT2D eigenvalue weighted by Crippen LogP contribution is -2.36. The van der Waals surface area contributed by atoms with Gasteiger partial charge in [-0.1, -0.05) is 26.0 Å². The molecular weight excluding hydrogens is 423 g/mol. The van der Waals surface area contributed by atoms with Gasteiger partial charge in [0, 0.05) is 29.3 Å². The normalized spacial score (nSPS) is 18.9. The summed E-state index contributed by atoms with van der Waals surface area (Å²) in [6.45, 7) is 4.16. The van der Waals surface area contributed by atoms with E-state index in [9.17, 15) is 9.18 Å². The minimum absolute atomic E-state index is 0.0637. The molecule has 170 valence electrons. The van der Waals surface area contributed by atoms with Crippen molar-refractivity contribution in [3.8, 4) is 22.9 Å². The highest BCUT2D eigenvalue weighted by Crippen LogP contribution is 2.45. The monoisotopic (exact) mass is 448 g/mol. The second kappa shape index (κ2) is 7.72. The summed E-state index contributed by atoms with van der Waals surface area (Å²) in [5.74, 6) is 1.97. The van der Waals surface area contributed by atoms with Gasteiger partial charge in [0.1, 0.15) is 23.4 Å². The highest BCUT2D eigenvalue weighted by molar-refractivity contribution is 6.00. The maximum absolute atomic E-state index is 13.7. The molecule has 1 aliphatic carbocycles. The van der Waals surface area contributed by atoms with E-state index < -0.39 is 6.04 Å². The summed E-state index contributed by atoms with van der Waals surface area (Å²) in [6.07, 6.45) is 1.15. The summed E-state index contributed by atoms with van der Waals surface area (Å²) in [5.41, 5.74) is 2.84. The number of anilines is 1. The molecule has 1 N–H and O–H groups in total. The molecular formula is C25H25FN4O3. The van der Waals surface area contributed by atoms with E-state index in [1.807, 2.05) is 12.1 Å². The standard InChI is InChI=1S/C25H25FN4O3/c1-25(2)12-19-21(20(31)13-25)22(14-5-7-16(26)8-6-14)30-24(27-19)28-23(29-30)15-9-17(32-3)11-18(10-15)33-4/h5-11,22H,12-13H2,1-4H3,(H,27,28,29)/t22-/m0/s1. The smallest absolute Gasteiger partial charge is 0.226 e. The van der Waals surface area contributed by atoms with Gasteiger partial charge >= 0.3 is 0 Å². The fourth-order valence-electron chi connectivity index (χ4n) is 4.62. The maximum atomic E-state index is 13.7. The number of halogens is 1. The first-order chi connectivity index (χ1) is 15.8. The number of nitrogens with zero attached hydrogens (tertiary/aromatic N) is 3. The Morgan fingerprint density at radius 2 is 1.73 bits per heavy atom. The van der Waals surface area contributed by atoms with Crippen LogP contribution in [0.2, 0.25) is 0 Å². The lowest BCUT2D eigenvalue weighted by molar-refractivity contribution is -0.118. The van der Waals surface area contributed by atoms with E-state index >= 15 is 0 Å². The van der Waals surface area contributed by atoms with Crippen LogP contribution in [0.15, 0.2) is 53.7 Å². The summed E-state index contributed by atoms with van der Waals surface area (Å²) in [5, 5.41) is 8.12. The Morgan fingerprint density at radius 1 is 1.06 bits per heavy atom. The zero-order valence-corrected chi connectivity index (χ0v) is 19.0. The van der Waals surface area contributed by atoms with Crippen LogP contribution in [0.1, 0.15) is 38.3 Å². The number of methoxy groups -OCH3 is 2. The lowest BCUT2D eigenvalue weighted by atomic mass is 9.73. The molecule has 2 aromatic carbocycles. The van der Waals surface area contributed by atoms with Crippen LogP contribution in [0.4, 0.5) is 10.3 Å². The predicted octanol–water partition coefficient (Wildman–Crippen LogP) is 4.76. The Labute approximate surface area is 191 Å². The Morgan fingerprint density at radius 3 is 2.36 bits per heavy atom. The summed E-state index contributed by atoms with van der Waals surface area (Å²) in [7, 11) is 3.17. The van der Waals surface area contributed by atoms with E-state index in [0.717, 1.165) is 16.8 Å². The molecule has 0 bridgehead atoms. The number of ether oxygens (including phenoxy) is 2. The van der Waals surface area contributed by atoms with E-state index in [-0.39, 0.29) is 17.0 Å².